The van der Waals surface area contributed by atoms with Crippen molar-refractivity contribution in [1.29, 1.82) is 0 Å². The summed E-state index contributed by atoms with van der Waals surface area (Å²) in [4.78, 5) is 18.1. The second kappa shape index (κ2) is 7.35. The van der Waals surface area contributed by atoms with E-state index >= 15 is 0 Å². The minimum Gasteiger partial charge on any atom is -0.354 e. The first kappa shape index (κ1) is 17.6. The molecular formula is C19H28N6. The molecule has 1 aliphatic rings. The van der Waals surface area contributed by atoms with Gasteiger partial charge in [-0.3, -0.25) is 4.98 Å². The summed E-state index contributed by atoms with van der Waals surface area (Å²) in [7, 11) is 5.99. The maximum Gasteiger partial charge on any atom is 0.227 e. The Hall–Kier alpha value is -2.21. The molecule has 3 rings (SSSR count). The van der Waals surface area contributed by atoms with Crippen LogP contribution >= 0.6 is 0 Å². The van der Waals surface area contributed by atoms with Gasteiger partial charge in [-0.2, -0.15) is 4.98 Å². The molecule has 0 unspecified atom stereocenters. The van der Waals surface area contributed by atoms with Gasteiger partial charge in [0.1, 0.15) is 5.82 Å². The molecule has 0 saturated heterocycles. The smallest absolute Gasteiger partial charge is 0.227 e. The van der Waals surface area contributed by atoms with Crippen molar-refractivity contribution >= 4 is 11.8 Å². The maximum absolute atomic E-state index is 5.96. The summed E-state index contributed by atoms with van der Waals surface area (Å²) in [6.07, 6.45) is 4.98. The van der Waals surface area contributed by atoms with E-state index in [1.165, 1.54) is 5.56 Å². The Kier molecular flexibility index (Phi) is 5.18. The fourth-order valence-corrected chi connectivity index (χ4v) is 3.03. The second-order valence-electron chi connectivity index (χ2n) is 7.14. The summed E-state index contributed by atoms with van der Waals surface area (Å²) in [5, 5.41) is 0. The van der Waals surface area contributed by atoms with Gasteiger partial charge in [-0.05, 0) is 30.9 Å². The van der Waals surface area contributed by atoms with Crippen molar-refractivity contribution in [2.45, 2.75) is 44.7 Å². The predicted molar refractivity (Wildman–Crippen MR) is 102 cm³/mol. The van der Waals surface area contributed by atoms with Crippen molar-refractivity contribution in [1.82, 2.24) is 15.0 Å². The lowest BCUT2D eigenvalue weighted by Gasteiger charge is -2.33. The van der Waals surface area contributed by atoms with Crippen molar-refractivity contribution in [3.05, 3.63) is 41.3 Å². The summed E-state index contributed by atoms with van der Waals surface area (Å²) < 4.78 is 0. The molecule has 6 heteroatoms. The van der Waals surface area contributed by atoms with E-state index in [0.29, 0.717) is 12.0 Å². The SMILES string of the molecule is CCc1ccc(CN(C)c2cc(C3CC(N)C3)nc(N(C)C)n2)nc1. The second-order valence-corrected chi connectivity index (χ2v) is 7.14. The molecule has 2 aromatic heterocycles. The van der Waals surface area contributed by atoms with Crippen LogP contribution in [0, 0.1) is 0 Å². The minimum absolute atomic E-state index is 0.310. The van der Waals surface area contributed by atoms with E-state index in [9.17, 15) is 0 Å². The van der Waals surface area contributed by atoms with Crippen LogP contribution in [0.3, 0.4) is 0 Å². The molecule has 0 bridgehead atoms. The monoisotopic (exact) mass is 340 g/mol. The Bertz CT molecular complexity index is 706. The number of hydrogen-bond acceptors (Lipinski definition) is 6. The number of aromatic nitrogens is 3. The van der Waals surface area contributed by atoms with E-state index in [0.717, 1.165) is 49.0 Å². The number of nitrogens with two attached hydrogens (primary N) is 1. The number of rotatable bonds is 6. The van der Waals surface area contributed by atoms with Gasteiger partial charge in [0.2, 0.25) is 5.95 Å². The standard InChI is InChI=1S/C19H28N6/c1-5-13-6-7-16(21-11-13)12-25(4)18-10-17(14-8-15(20)9-14)22-19(23-18)24(2)3/h6-7,10-11,14-15H,5,8-9,12,20H2,1-4H3. The quantitative estimate of drug-likeness (QED) is 0.870. The van der Waals surface area contributed by atoms with Crippen molar-refractivity contribution in [2.24, 2.45) is 5.73 Å². The molecule has 0 atom stereocenters. The van der Waals surface area contributed by atoms with Gasteiger partial charge in [0, 0.05) is 45.4 Å². The topological polar surface area (TPSA) is 71.2 Å². The molecule has 1 aliphatic carbocycles. The maximum atomic E-state index is 5.96. The third-order valence-electron chi connectivity index (χ3n) is 4.80. The molecule has 134 valence electrons. The van der Waals surface area contributed by atoms with Gasteiger partial charge in [-0.1, -0.05) is 13.0 Å². The van der Waals surface area contributed by atoms with Crippen LogP contribution in [0.4, 0.5) is 11.8 Å². The highest BCUT2D eigenvalue weighted by atomic mass is 15.3. The summed E-state index contributed by atoms with van der Waals surface area (Å²) in [5.41, 5.74) is 9.34. The zero-order chi connectivity index (χ0) is 18.0. The van der Waals surface area contributed by atoms with Gasteiger partial charge < -0.3 is 15.5 Å². The van der Waals surface area contributed by atoms with Crippen molar-refractivity contribution in [2.75, 3.05) is 30.9 Å². The number of hydrogen-bond donors (Lipinski definition) is 1. The van der Waals surface area contributed by atoms with Crippen molar-refractivity contribution in [3.8, 4) is 0 Å². The van der Waals surface area contributed by atoms with Crippen LogP contribution in [0.2, 0.25) is 0 Å². The zero-order valence-corrected chi connectivity index (χ0v) is 15.6. The Labute approximate surface area is 150 Å². The van der Waals surface area contributed by atoms with Gasteiger partial charge >= 0.3 is 0 Å². The van der Waals surface area contributed by atoms with E-state index in [1.807, 2.05) is 32.2 Å². The lowest BCUT2D eigenvalue weighted by Crippen LogP contribution is -2.35. The molecule has 1 saturated carbocycles. The zero-order valence-electron chi connectivity index (χ0n) is 15.6. The lowest BCUT2D eigenvalue weighted by atomic mass is 9.78. The minimum atomic E-state index is 0.310. The van der Waals surface area contributed by atoms with Gasteiger partial charge in [-0.25, -0.2) is 4.98 Å². The predicted octanol–water partition coefficient (Wildman–Crippen LogP) is 2.34. The van der Waals surface area contributed by atoms with Crippen LogP contribution < -0.4 is 15.5 Å². The summed E-state index contributed by atoms with van der Waals surface area (Å²) in [6.45, 7) is 2.86. The number of aryl methyl sites for hydroxylation is 1. The van der Waals surface area contributed by atoms with Gasteiger partial charge in [0.25, 0.3) is 0 Å². The highest BCUT2D eigenvalue weighted by Gasteiger charge is 2.29. The van der Waals surface area contributed by atoms with Crippen molar-refractivity contribution < 1.29 is 0 Å². The lowest BCUT2D eigenvalue weighted by molar-refractivity contribution is 0.345. The largest absolute Gasteiger partial charge is 0.354 e. The first-order valence-corrected chi connectivity index (χ1v) is 8.93. The molecule has 0 spiro atoms. The number of anilines is 2. The van der Waals surface area contributed by atoms with Crippen LogP contribution in [0.1, 0.15) is 42.6 Å². The summed E-state index contributed by atoms with van der Waals surface area (Å²) in [6, 6.07) is 6.65. The molecule has 1 fully saturated rings. The van der Waals surface area contributed by atoms with Crippen LogP contribution in [-0.4, -0.2) is 42.1 Å². The van der Waals surface area contributed by atoms with Gasteiger partial charge in [0.05, 0.1) is 17.9 Å². The molecule has 0 radical (unpaired) electrons. The average molecular weight is 340 g/mol. The Morgan fingerprint density at radius 1 is 1.16 bits per heavy atom. The van der Waals surface area contributed by atoms with Crippen LogP contribution in [0.25, 0.3) is 0 Å². The highest BCUT2D eigenvalue weighted by molar-refractivity contribution is 5.46. The molecule has 2 N–H and O–H groups in total. The first-order valence-electron chi connectivity index (χ1n) is 8.93. The normalized spacial score (nSPS) is 19.4. The van der Waals surface area contributed by atoms with E-state index in [2.05, 4.69) is 35.0 Å². The van der Waals surface area contributed by atoms with Crippen LogP contribution in [-0.2, 0) is 13.0 Å². The molecule has 2 heterocycles. The van der Waals surface area contributed by atoms with E-state index in [-0.39, 0.29) is 0 Å². The molecular weight excluding hydrogens is 312 g/mol. The summed E-state index contributed by atoms with van der Waals surface area (Å²) in [5.74, 6) is 2.12. The molecule has 6 nitrogen and oxygen atoms in total. The Morgan fingerprint density at radius 2 is 1.92 bits per heavy atom. The van der Waals surface area contributed by atoms with E-state index in [1.54, 1.807) is 0 Å². The number of pyridine rings is 1. The van der Waals surface area contributed by atoms with Crippen LogP contribution in [0.5, 0.6) is 0 Å². The van der Waals surface area contributed by atoms with E-state index < -0.39 is 0 Å². The van der Waals surface area contributed by atoms with Gasteiger partial charge in [-0.15, -0.1) is 0 Å². The van der Waals surface area contributed by atoms with Crippen LogP contribution in [0.15, 0.2) is 24.4 Å². The molecule has 0 amide bonds. The molecule has 2 aromatic rings. The molecule has 0 aromatic carbocycles. The fourth-order valence-electron chi connectivity index (χ4n) is 3.03. The van der Waals surface area contributed by atoms with Gasteiger partial charge in [0.15, 0.2) is 0 Å². The molecule has 0 aliphatic heterocycles. The average Bonchev–Trinajstić information content (AvgIpc) is 2.59. The fraction of sp³-hybridized carbons (Fsp3) is 0.526. The third kappa shape index (κ3) is 4.07. The Balaban J connectivity index is 1.81. The number of nitrogens with zero attached hydrogens (tertiary/aromatic N) is 5. The molecule has 25 heavy (non-hydrogen) atoms. The van der Waals surface area contributed by atoms with E-state index in [4.69, 9.17) is 15.7 Å². The Morgan fingerprint density at radius 3 is 2.48 bits per heavy atom. The summed E-state index contributed by atoms with van der Waals surface area (Å²) >= 11 is 0. The highest BCUT2D eigenvalue weighted by Crippen LogP contribution is 2.36. The third-order valence-corrected chi connectivity index (χ3v) is 4.80. The first-order chi connectivity index (χ1) is 12.0. The van der Waals surface area contributed by atoms with Crippen molar-refractivity contribution in [3.63, 3.8) is 0 Å².